The van der Waals surface area contributed by atoms with Crippen molar-refractivity contribution < 1.29 is 14.4 Å². The molecule has 1 aromatic heterocycles. The second kappa shape index (κ2) is 9.00. The van der Waals surface area contributed by atoms with Crippen molar-refractivity contribution in [3.63, 3.8) is 0 Å². The molecule has 2 aliphatic rings. The van der Waals surface area contributed by atoms with Gasteiger partial charge in [-0.05, 0) is 61.9 Å². The SMILES string of the molecule is CC(=O)c1ccc(N2CCN(C(=O)[C@H]3CCCCN3C(=O)c3cccs3)CC2)cc1. The predicted octanol–water partition coefficient (Wildman–Crippen LogP) is 3.29. The molecule has 30 heavy (non-hydrogen) atoms. The lowest BCUT2D eigenvalue weighted by molar-refractivity contribution is -0.137. The fourth-order valence-electron chi connectivity index (χ4n) is 4.28. The highest BCUT2D eigenvalue weighted by Gasteiger charge is 2.36. The van der Waals surface area contributed by atoms with Crippen LogP contribution in [0.5, 0.6) is 0 Å². The third-order valence-electron chi connectivity index (χ3n) is 6.01. The molecule has 2 saturated heterocycles. The standard InChI is InChI=1S/C23H27N3O3S/c1-17(27)18-7-9-19(10-8-18)24-12-14-25(15-13-24)22(28)20-5-2-3-11-26(20)23(29)21-6-4-16-30-21/h4,6-10,16,20H,2-3,5,11-15H2,1H3/t20-/m1/s1. The lowest BCUT2D eigenvalue weighted by Gasteiger charge is -2.41. The molecule has 2 aliphatic heterocycles. The number of thiophene rings is 1. The highest BCUT2D eigenvalue weighted by Crippen LogP contribution is 2.24. The average Bonchev–Trinajstić information content (AvgIpc) is 3.33. The molecule has 2 fully saturated rings. The normalized spacial score (nSPS) is 19.6. The number of likely N-dealkylation sites (tertiary alicyclic amines) is 1. The van der Waals surface area contributed by atoms with Crippen LogP contribution in [0.2, 0.25) is 0 Å². The van der Waals surface area contributed by atoms with Gasteiger partial charge < -0.3 is 14.7 Å². The van der Waals surface area contributed by atoms with Gasteiger partial charge in [0.25, 0.3) is 5.91 Å². The Morgan fingerprint density at radius 2 is 1.67 bits per heavy atom. The van der Waals surface area contributed by atoms with Crippen LogP contribution in [-0.2, 0) is 4.79 Å². The summed E-state index contributed by atoms with van der Waals surface area (Å²) >= 11 is 1.43. The molecule has 0 bridgehead atoms. The van der Waals surface area contributed by atoms with E-state index in [-0.39, 0.29) is 23.6 Å². The molecule has 2 aromatic rings. The van der Waals surface area contributed by atoms with E-state index >= 15 is 0 Å². The summed E-state index contributed by atoms with van der Waals surface area (Å²) in [6, 6.07) is 11.0. The molecule has 0 radical (unpaired) electrons. The van der Waals surface area contributed by atoms with E-state index in [0.717, 1.165) is 38.0 Å². The molecule has 4 rings (SSSR count). The molecule has 1 aromatic carbocycles. The maximum absolute atomic E-state index is 13.3. The Labute approximate surface area is 181 Å². The largest absolute Gasteiger partial charge is 0.368 e. The van der Waals surface area contributed by atoms with Crippen LogP contribution < -0.4 is 4.90 Å². The van der Waals surface area contributed by atoms with Gasteiger partial charge in [-0.2, -0.15) is 0 Å². The number of benzene rings is 1. The van der Waals surface area contributed by atoms with Gasteiger partial charge in [-0.3, -0.25) is 14.4 Å². The third-order valence-corrected chi connectivity index (χ3v) is 6.87. The van der Waals surface area contributed by atoms with Gasteiger partial charge in [-0.25, -0.2) is 0 Å². The van der Waals surface area contributed by atoms with Crippen molar-refractivity contribution in [3.8, 4) is 0 Å². The first-order chi connectivity index (χ1) is 14.5. The number of carbonyl (C=O) groups excluding carboxylic acids is 3. The third kappa shape index (κ3) is 4.26. The Bertz CT molecular complexity index is 902. The molecule has 2 amide bonds. The molecule has 6 nitrogen and oxygen atoms in total. The number of amides is 2. The van der Waals surface area contributed by atoms with Crippen molar-refractivity contribution in [2.75, 3.05) is 37.6 Å². The number of hydrogen-bond donors (Lipinski definition) is 0. The van der Waals surface area contributed by atoms with E-state index in [4.69, 9.17) is 0 Å². The number of anilines is 1. The lowest BCUT2D eigenvalue weighted by Crippen LogP contribution is -2.57. The number of nitrogens with zero attached hydrogens (tertiary/aromatic N) is 3. The highest BCUT2D eigenvalue weighted by atomic mass is 32.1. The predicted molar refractivity (Wildman–Crippen MR) is 118 cm³/mol. The smallest absolute Gasteiger partial charge is 0.264 e. The summed E-state index contributed by atoms with van der Waals surface area (Å²) in [7, 11) is 0. The number of ketones is 1. The number of carbonyl (C=O) groups is 3. The van der Waals surface area contributed by atoms with Gasteiger partial charge in [-0.15, -0.1) is 11.3 Å². The molecule has 3 heterocycles. The van der Waals surface area contributed by atoms with Crippen LogP contribution in [0.3, 0.4) is 0 Å². The quantitative estimate of drug-likeness (QED) is 0.706. The van der Waals surface area contributed by atoms with E-state index in [0.29, 0.717) is 30.1 Å². The Balaban J connectivity index is 1.39. The van der Waals surface area contributed by atoms with Crippen LogP contribution in [0.25, 0.3) is 0 Å². The van der Waals surface area contributed by atoms with Crippen LogP contribution >= 0.6 is 11.3 Å². The second-order valence-electron chi connectivity index (χ2n) is 7.90. The zero-order valence-corrected chi connectivity index (χ0v) is 18.1. The van der Waals surface area contributed by atoms with Crippen molar-refractivity contribution in [2.45, 2.75) is 32.2 Å². The monoisotopic (exact) mass is 425 g/mol. The van der Waals surface area contributed by atoms with Crippen LogP contribution in [0, 0.1) is 0 Å². The van der Waals surface area contributed by atoms with Gasteiger partial charge >= 0.3 is 0 Å². The summed E-state index contributed by atoms with van der Waals surface area (Å²) in [6.45, 7) is 5.00. The zero-order chi connectivity index (χ0) is 21.1. The Morgan fingerprint density at radius 1 is 0.933 bits per heavy atom. The van der Waals surface area contributed by atoms with Crippen molar-refractivity contribution in [1.82, 2.24) is 9.80 Å². The van der Waals surface area contributed by atoms with E-state index in [9.17, 15) is 14.4 Å². The second-order valence-corrected chi connectivity index (χ2v) is 8.85. The fourth-order valence-corrected chi connectivity index (χ4v) is 4.95. The van der Waals surface area contributed by atoms with E-state index in [1.165, 1.54) is 11.3 Å². The summed E-state index contributed by atoms with van der Waals surface area (Å²) in [5, 5.41) is 1.90. The van der Waals surface area contributed by atoms with E-state index in [1.54, 1.807) is 11.8 Å². The van der Waals surface area contributed by atoms with E-state index < -0.39 is 0 Å². The van der Waals surface area contributed by atoms with E-state index in [2.05, 4.69) is 4.90 Å². The molecule has 158 valence electrons. The number of Topliss-reactive ketones (excluding diaryl/α,β-unsaturated/α-hetero) is 1. The van der Waals surface area contributed by atoms with Gasteiger partial charge in [0.05, 0.1) is 4.88 Å². The molecule has 0 unspecified atom stereocenters. The first-order valence-corrected chi connectivity index (χ1v) is 11.4. The van der Waals surface area contributed by atoms with Crippen molar-refractivity contribution in [1.29, 1.82) is 0 Å². The molecular formula is C23H27N3O3S. The minimum atomic E-state index is -0.352. The molecule has 0 spiro atoms. The van der Waals surface area contributed by atoms with Gasteiger partial charge in [0, 0.05) is 44.0 Å². The van der Waals surface area contributed by atoms with Crippen LogP contribution in [0.1, 0.15) is 46.2 Å². The van der Waals surface area contributed by atoms with Crippen molar-refractivity contribution in [2.24, 2.45) is 0 Å². The van der Waals surface area contributed by atoms with Crippen molar-refractivity contribution in [3.05, 3.63) is 52.2 Å². The summed E-state index contributed by atoms with van der Waals surface area (Å²) in [4.78, 5) is 44.3. The van der Waals surface area contributed by atoms with E-state index in [1.807, 2.05) is 46.7 Å². The zero-order valence-electron chi connectivity index (χ0n) is 17.3. The minimum absolute atomic E-state index is 0.0211. The maximum Gasteiger partial charge on any atom is 0.264 e. The Morgan fingerprint density at radius 3 is 2.30 bits per heavy atom. The average molecular weight is 426 g/mol. The topological polar surface area (TPSA) is 60.9 Å². The number of piperidine rings is 1. The summed E-state index contributed by atoms with van der Waals surface area (Å²) in [5.74, 6) is 0.115. The fraction of sp³-hybridized carbons (Fsp3) is 0.435. The molecule has 7 heteroatoms. The van der Waals surface area contributed by atoms with Crippen molar-refractivity contribution >= 4 is 34.6 Å². The lowest BCUT2D eigenvalue weighted by atomic mass is 10.00. The molecule has 0 saturated carbocycles. The summed E-state index contributed by atoms with van der Waals surface area (Å²) < 4.78 is 0. The Hall–Kier alpha value is -2.67. The number of piperazine rings is 1. The van der Waals surface area contributed by atoms with Gasteiger partial charge in [0.15, 0.2) is 5.78 Å². The highest BCUT2D eigenvalue weighted by molar-refractivity contribution is 7.12. The summed E-state index contributed by atoms with van der Waals surface area (Å²) in [5.41, 5.74) is 1.78. The maximum atomic E-state index is 13.3. The van der Waals surface area contributed by atoms with Crippen LogP contribution in [-0.4, -0.2) is 66.2 Å². The first-order valence-electron chi connectivity index (χ1n) is 10.5. The van der Waals surface area contributed by atoms with Crippen LogP contribution in [0.4, 0.5) is 5.69 Å². The summed E-state index contributed by atoms with van der Waals surface area (Å²) in [6.07, 6.45) is 2.67. The molecule has 0 aliphatic carbocycles. The van der Waals surface area contributed by atoms with Gasteiger partial charge in [0.1, 0.15) is 6.04 Å². The number of rotatable bonds is 4. The van der Waals surface area contributed by atoms with Crippen LogP contribution in [0.15, 0.2) is 41.8 Å². The van der Waals surface area contributed by atoms with Gasteiger partial charge in [-0.1, -0.05) is 6.07 Å². The molecule has 0 N–H and O–H groups in total. The van der Waals surface area contributed by atoms with Gasteiger partial charge in [0.2, 0.25) is 5.91 Å². The Kier molecular flexibility index (Phi) is 6.18. The number of hydrogen-bond acceptors (Lipinski definition) is 5. The molecular weight excluding hydrogens is 398 g/mol. The first kappa shape index (κ1) is 20.6. The molecule has 1 atom stereocenters. The minimum Gasteiger partial charge on any atom is -0.368 e.